The van der Waals surface area contributed by atoms with Crippen molar-refractivity contribution < 1.29 is 24.5 Å². The van der Waals surface area contributed by atoms with Crippen molar-refractivity contribution in [2.75, 3.05) is 13.2 Å². The van der Waals surface area contributed by atoms with E-state index in [0.29, 0.717) is 25.9 Å². The molecule has 0 heterocycles. The van der Waals surface area contributed by atoms with Gasteiger partial charge in [-0.25, -0.2) is 0 Å². The number of hydrogen-bond acceptors (Lipinski definition) is 5. The number of nitrogens with one attached hydrogen (secondary N) is 1. The summed E-state index contributed by atoms with van der Waals surface area (Å²) in [6, 6.07) is -0.674. The lowest BCUT2D eigenvalue weighted by atomic mass is 10.0. The lowest BCUT2D eigenvalue weighted by Gasteiger charge is -2.19. The molecule has 67 heavy (non-hydrogen) atoms. The molecular formula is C61H113NO5. The van der Waals surface area contributed by atoms with E-state index in [1.807, 2.05) is 12.2 Å². The van der Waals surface area contributed by atoms with E-state index < -0.39 is 12.1 Å². The van der Waals surface area contributed by atoms with Gasteiger partial charge >= 0.3 is 5.97 Å². The topological polar surface area (TPSA) is 95.9 Å². The minimum Gasteiger partial charge on any atom is -0.466 e. The van der Waals surface area contributed by atoms with E-state index in [0.717, 1.165) is 51.4 Å². The van der Waals surface area contributed by atoms with Gasteiger partial charge < -0.3 is 20.3 Å². The lowest BCUT2D eigenvalue weighted by Crippen LogP contribution is -2.45. The van der Waals surface area contributed by atoms with Gasteiger partial charge in [0.25, 0.3) is 0 Å². The number of hydrogen-bond donors (Lipinski definition) is 3. The first-order valence-electron chi connectivity index (χ1n) is 29.4. The van der Waals surface area contributed by atoms with Gasteiger partial charge in [0.1, 0.15) is 0 Å². The number of carbonyl (C=O) groups excluding carboxylic acids is 2. The third-order valence-electron chi connectivity index (χ3n) is 13.3. The van der Waals surface area contributed by atoms with Gasteiger partial charge in [-0.15, -0.1) is 0 Å². The first-order chi connectivity index (χ1) is 33.0. The smallest absolute Gasteiger partial charge is 0.305 e. The summed E-state index contributed by atoms with van der Waals surface area (Å²) in [6.45, 7) is 4.84. The molecule has 0 saturated heterocycles. The maximum Gasteiger partial charge on any atom is 0.305 e. The van der Waals surface area contributed by atoms with Crippen molar-refractivity contribution >= 4 is 11.9 Å². The van der Waals surface area contributed by atoms with Gasteiger partial charge in [-0.2, -0.15) is 0 Å². The molecule has 0 spiro atoms. The standard InChI is InChI=1S/C61H113NO5/c1-3-5-7-9-11-13-15-17-19-20-21-22-23-24-25-26-27-29-33-37-41-45-49-53-59(64)58(57-63)62-60(65)54-50-46-42-38-34-30-28-32-36-40-44-48-52-56-67-61(66)55-51-47-43-39-35-31-18-16-14-12-10-8-6-4-2/h16,18,30,34,42,46,49,53,58-59,63-64H,3-15,17,19-29,31-33,35-41,43-45,47-48,50-52,54-57H2,1-2H3,(H,62,65)/b18-16-,34-30-,46-42-,53-49+. The molecule has 0 aromatic rings. The highest BCUT2D eigenvalue weighted by Crippen LogP contribution is 2.16. The Morgan fingerprint density at radius 2 is 0.761 bits per heavy atom. The van der Waals surface area contributed by atoms with E-state index in [-0.39, 0.29) is 18.5 Å². The molecule has 0 rings (SSSR count). The highest BCUT2D eigenvalue weighted by atomic mass is 16.5. The molecule has 6 nitrogen and oxygen atoms in total. The van der Waals surface area contributed by atoms with Crippen LogP contribution in [0.25, 0.3) is 0 Å². The van der Waals surface area contributed by atoms with E-state index in [1.54, 1.807) is 6.08 Å². The zero-order valence-corrected chi connectivity index (χ0v) is 44.6. The Balaban J connectivity index is 3.58. The molecule has 2 unspecified atom stereocenters. The van der Waals surface area contributed by atoms with E-state index in [1.165, 1.54) is 218 Å². The summed E-state index contributed by atoms with van der Waals surface area (Å²) in [6.07, 6.45) is 71.5. The summed E-state index contributed by atoms with van der Waals surface area (Å²) in [7, 11) is 0. The van der Waals surface area contributed by atoms with Crippen LogP contribution in [-0.2, 0) is 14.3 Å². The molecule has 0 aliphatic rings. The lowest BCUT2D eigenvalue weighted by molar-refractivity contribution is -0.143. The van der Waals surface area contributed by atoms with Gasteiger partial charge in [-0.1, -0.05) is 262 Å². The Morgan fingerprint density at radius 1 is 0.418 bits per heavy atom. The molecule has 0 fully saturated rings. The first kappa shape index (κ1) is 64.8. The van der Waals surface area contributed by atoms with Crippen LogP contribution in [0.2, 0.25) is 0 Å². The maximum absolute atomic E-state index is 12.4. The van der Waals surface area contributed by atoms with Gasteiger partial charge in [0, 0.05) is 12.8 Å². The Bertz CT molecular complexity index is 1130. The molecular weight excluding hydrogens is 827 g/mol. The van der Waals surface area contributed by atoms with E-state index in [2.05, 4.69) is 49.5 Å². The molecule has 0 saturated carbocycles. The van der Waals surface area contributed by atoms with Crippen LogP contribution >= 0.6 is 0 Å². The zero-order chi connectivity index (χ0) is 48.6. The number of rotatable bonds is 54. The van der Waals surface area contributed by atoms with Gasteiger partial charge in [0.2, 0.25) is 5.91 Å². The van der Waals surface area contributed by atoms with Crippen LogP contribution < -0.4 is 5.32 Å². The Hall–Kier alpha value is -2.18. The quantitative estimate of drug-likeness (QED) is 0.0321. The second kappa shape index (κ2) is 56.4. The predicted octanol–water partition coefficient (Wildman–Crippen LogP) is 18.2. The molecule has 1 amide bonds. The van der Waals surface area contributed by atoms with Crippen LogP contribution in [0, 0.1) is 0 Å². The van der Waals surface area contributed by atoms with Crippen molar-refractivity contribution in [1.29, 1.82) is 0 Å². The average Bonchev–Trinajstić information content (AvgIpc) is 3.33. The van der Waals surface area contributed by atoms with Crippen molar-refractivity contribution in [3.8, 4) is 0 Å². The average molecular weight is 941 g/mol. The number of allylic oxidation sites excluding steroid dienone is 7. The molecule has 0 radical (unpaired) electrons. The highest BCUT2D eigenvalue weighted by Gasteiger charge is 2.17. The summed E-state index contributed by atoms with van der Waals surface area (Å²) in [5.41, 5.74) is 0. The van der Waals surface area contributed by atoms with E-state index >= 15 is 0 Å². The molecule has 2 atom stereocenters. The van der Waals surface area contributed by atoms with Gasteiger partial charge in [0.15, 0.2) is 0 Å². The van der Waals surface area contributed by atoms with Crippen LogP contribution in [0.4, 0.5) is 0 Å². The molecule has 0 aliphatic heterocycles. The van der Waals surface area contributed by atoms with Gasteiger partial charge in [-0.3, -0.25) is 9.59 Å². The van der Waals surface area contributed by atoms with Crippen molar-refractivity contribution in [3.05, 3.63) is 48.6 Å². The Labute approximate surface area is 416 Å². The van der Waals surface area contributed by atoms with Crippen molar-refractivity contribution in [2.24, 2.45) is 0 Å². The number of aliphatic hydroxyl groups excluding tert-OH is 2. The fraction of sp³-hybridized carbons (Fsp3) is 0.836. The van der Waals surface area contributed by atoms with E-state index in [9.17, 15) is 19.8 Å². The van der Waals surface area contributed by atoms with Crippen LogP contribution in [0.5, 0.6) is 0 Å². The van der Waals surface area contributed by atoms with Crippen molar-refractivity contribution in [1.82, 2.24) is 5.32 Å². The number of amides is 1. The van der Waals surface area contributed by atoms with E-state index in [4.69, 9.17) is 4.74 Å². The van der Waals surface area contributed by atoms with Crippen LogP contribution in [0.1, 0.15) is 303 Å². The monoisotopic (exact) mass is 940 g/mol. The van der Waals surface area contributed by atoms with Crippen molar-refractivity contribution in [2.45, 2.75) is 315 Å². The molecule has 0 aliphatic carbocycles. The summed E-state index contributed by atoms with van der Waals surface area (Å²) < 4.78 is 5.45. The number of carbonyl (C=O) groups is 2. The van der Waals surface area contributed by atoms with Crippen molar-refractivity contribution in [3.63, 3.8) is 0 Å². The third-order valence-corrected chi connectivity index (χ3v) is 13.3. The molecule has 0 aromatic carbocycles. The highest BCUT2D eigenvalue weighted by molar-refractivity contribution is 5.76. The SMILES string of the molecule is CCCCCCC/C=C\CCCCCCCC(=O)OCCCCCCCC/C=C\C/C=C\CCC(=O)NC(CO)C(O)/C=C/CCCCCCCCCCCCCCCCCCCCCCC. The van der Waals surface area contributed by atoms with Gasteiger partial charge in [0.05, 0.1) is 25.4 Å². The Morgan fingerprint density at radius 3 is 1.18 bits per heavy atom. The number of unbranched alkanes of at least 4 members (excludes halogenated alkanes) is 37. The summed E-state index contributed by atoms with van der Waals surface area (Å²) >= 11 is 0. The number of aliphatic hydroxyl groups is 2. The summed E-state index contributed by atoms with van der Waals surface area (Å²) in [4.78, 5) is 24.5. The minimum absolute atomic E-state index is 0.0271. The fourth-order valence-electron chi connectivity index (χ4n) is 8.80. The largest absolute Gasteiger partial charge is 0.466 e. The number of esters is 1. The normalized spacial score (nSPS) is 13.0. The van der Waals surface area contributed by atoms with Crippen LogP contribution in [0.15, 0.2) is 48.6 Å². The van der Waals surface area contributed by atoms with Gasteiger partial charge in [-0.05, 0) is 77.0 Å². The van der Waals surface area contributed by atoms with Crippen LogP contribution in [0.3, 0.4) is 0 Å². The number of ether oxygens (including phenoxy) is 1. The molecule has 0 aromatic heterocycles. The Kier molecular flexibility index (Phi) is 54.6. The zero-order valence-electron chi connectivity index (χ0n) is 44.6. The third kappa shape index (κ3) is 53.0. The summed E-state index contributed by atoms with van der Waals surface area (Å²) in [5, 5.41) is 23.1. The fourth-order valence-corrected chi connectivity index (χ4v) is 8.80. The predicted molar refractivity (Wildman–Crippen MR) is 292 cm³/mol. The molecule has 392 valence electrons. The summed E-state index contributed by atoms with van der Waals surface area (Å²) in [5.74, 6) is -0.174. The minimum atomic E-state index is -0.881. The second-order valence-corrected chi connectivity index (χ2v) is 20.0. The first-order valence-corrected chi connectivity index (χ1v) is 29.4. The second-order valence-electron chi connectivity index (χ2n) is 20.0. The molecule has 3 N–H and O–H groups in total. The van der Waals surface area contributed by atoms with Crippen LogP contribution in [-0.4, -0.2) is 47.4 Å². The molecule has 6 heteroatoms. The maximum atomic E-state index is 12.4. The molecule has 0 bridgehead atoms.